The summed E-state index contributed by atoms with van der Waals surface area (Å²) < 4.78 is 1.22. The van der Waals surface area contributed by atoms with Crippen molar-refractivity contribution >= 4 is 16.7 Å². The molecular formula is C22H20N4O2. The number of fused-ring (bicyclic) bond motifs is 1. The minimum atomic E-state index is -0.287. The van der Waals surface area contributed by atoms with Gasteiger partial charge in [0.1, 0.15) is 12.9 Å². The first-order valence-electron chi connectivity index (χ1n) is 9.07. The van der Waals surface area contributed by atoms with E-state index in [0.29, 0.717) is 11.3 Å². The molecule has 2 aromatic heterocycles. The van der Waals surface area contributed by atoms with Crippen LogP contribution in [0.5, 0.6) is 0 Å². The van der Waals surface area contributed by atoms with E-state index in [4.69, 9.17) is 4.84 Å². The van der Waals surface area contributed by atoms with E-state index >= 15 is 0 Å². The maximum atomic E-state index is 12.7. The Hall–Kier alpha value is -3.67. The molecule has 1 atom stereocenters. The molecule has 0 radical (unpaired) electrons. The predicted octanol–water partition coefficient (Wildman–Crippen LogP) is 3.59. The lowest BCUT2D eigenvalue weighted by Crippen LogP contribution is -2.28. The number of aromatic nitrogens is 3. The number of nitrogens with zero attached hydrogens (tertiary/aromatic N) is 3. The van der Waals surface area contributed by atoms with E-state index in [1.807, 2.05) is 67.6 Å². The van der Waals surface area contributed by atoms with E-state index in [9.17, 15) is 4.79 Å². The molecule has 2 heterocycles. The number of hydrogen-bond donors (Lipinski definition) is 1. The number of nitrogens with one attached hydrogen (secondary N) is 1. The molecule has 0 aliphatic heterocycles. The lowest BCUT2D eigenvalue weighted by atomic mass is 10.1. The summed E-state index contributed by atoms with van der Waals surface area (Å²) in [7, 11) is 0. The highest BCUT2D eigenvalue weighted by molar-refractivity contribution is 5.88. The molecule has 0 aliphatic carbocycles. The van der Waals surface area contributed by atoms with Crippen molar-refractivity contribution in [2.24, 2.45) is 0 Å². The number of anilines is 1. The summed E-state index contributed by atoms with van der Waals surface area (Å²) >= 11 is 0. The van der Waals surface area contributed by atoms with Gasteiger partial charge in [0.05, 0.1) is 11.1 Å². The van der Waals surface area contributed by atoms with Gasteiger partial charge in [-0.3, -0.25) is 4.79 Å². The van der Waals surface area contributed by atoms with Crippen LogP contribution in [0, 0.1) is 0 Å². The van der Waals surface area contributed by atoms with Crippen LogP contribution < -0.4 is 15.7 Å². The van der Waals surface area contributed by atoms with Gasteiger partial charge in [-0.15, -0.1) is 4.73 Å². The SMILES string of the molecule is CC(Nc1cc(=O)n(OCc2ccccc2)c2ncncc12)c1ccccc1. The summed E-state index contributed by atoms with van der Waals surface area (Å²) in [5.74, 6) is 0. The van der Waals surface area contributed by atoms with E-state index in [-0.39, 0.29) is 18.2 Å². The van der Waals surface area contributed by atoms with Crippen molar-refractivity contribution in [3.8, 4) is 0 Å². The zero-order chi connectivity index (χ0) is 19.3. The zero-order valence-corrected chi connectivity index (χ0v) is 15.4. The van der Waals surface area contributed by atoms with Gasteiger partial charge in [0.25, 0.3) is 5.56 Å². The molecule has 28 heavy (non-hydrogen) atoms. The van der Waals surface area contributed by atoms with Gasteiger partial charge >= 0.3 is 0 Å². The van der Waals surface area contributed by atoms with Crippen LogP contribution in [0.15, 0.2) is 84.0 Å². The highest BCUT2D eigenvalue weighted by Gasteiger charge is 2.14. The molecule has 0 saturated heterocycles. The van der Waals surface area contributed by atoms with Crippen molar-refractivity contribution in [2.75, 3.05) is 5.32 Å². The van der Waals surface area contributed by atoms with Crippen LogP contribution in [0.2, 0.25) is 0 Å². The van der Waals surface area contributed by atoms with Crippen molar-refractivity contribution in [1.82, 2.24) is 14.7 Å². The second kappa shape index (κ2) is 7.92. The molecule has 4 rings (SSSR count). The molecule has 6 heteroatoms. The normalized spacial score (nSPS) is 11.9. The van der Waals surface area contributed by atoms with Crippen molar-refractivity contribution < 1.29 is 4.84 Å². The fraction of sp³-hybridized carbons (Fsp3) is 0.136. The third-order valence-corrected chi connectivity index (χ3v) is 4.52. The fourth-order valence-electron chi connectivity index (χ4n) is 3.06. The molecule has 6 nitrogen and oxygen atoms in total. The molecule has 1 unspecified atom stereocenters. The van der Waals surface area contributed by atoms with Crippen molar-refractivity contribution in [1.29, 1.82) is 0 Å². The molecule has 1 N–H and O–H groups in total. The lowest BCUT2D eigenvalue weighted by molar-refractivity contribution is 0.0980. The first-order chi connectivity index (χ1) is 13.7. The van der Waals surface area contributed by atoms with Crippen LogP contribution in [-0.4, -0.2) is 14.7 Å². The van der Waals surface area contributed by atoms with E-state index in [0.717, 1.165) is 16.5 Å². The molecule has 0 amide bonds. The number of hydrogen-bond acceptors (Lipinski definition) is 5. The molecule has 0 spiro atoms. The minimum absolute atomic E-state index is 0.0186. The summed E-state index contributed by atoms with van der Waals surface area (Å²) in [6.07, 6.45) is 3.10. The summed E-state index contributed by atoms with van der Waals surface area (Å²) in [5, 5.41) is 4.11. The Balaban J connectivity index is 1.67. The predicted molar refractivity (Wildman–Crippen MR) is 109 cm³/mol. The Bertz CT molecular complexity index is 1130. The number of rotatable bonds is 6. The Kier molecular flexibility index (Phi) is 5.01. The average Bonchev–Trinajstić information content (AvgIpc) is 2.75. The molecule has 140 valence electrons. The Morgan fingerprint density at radius 1 is 1.07 bits per heavy atom. The molecule has 0 bridgehead atoms. The first-order valence-corrected chi connectivity index (χ1v) is 9.07. The molecular weight excluding hydrogens is 352 g/mol. The fourth-order valence-corrected chi connectivity index (χ4v) is 3.06. The van der Waals surface area contributed by atoms with Crippen LogP contribution in [0.1, 0.15) is 24.1 Å². The maximum Gasteiger partial charge on any atom is 0.287 e. The second-order valence-corrected chi connectivity index (χ2v) is 6.49. The Labute approximate surface area is 162 Å². The molecule has 0 fully saturated rings. The van der Waals surface area contributed by atoms with Gasteiger partial charge in [-0.05, 0) is 18.1 Å². The quantitative estimate of drug-likeness (QED) is 0.560. The number of pyridine rings is 1. The van der Waals surface area contributed by atoms with Gasteiger partial charge in [0.15, 0.2) is 5.65 Å². The van der Waals surface area contributed by atoms with Gasteiger partial charge in [-0.25, -0.2) is 9.97 Å². The van der Waals surface area contributed by atoms with Crippen LogP contribution in [0.4, 0.5) is 5.69 Å². The van der Waals surface area contributed by atoms with Gasteiger partial charge in [-0.2, -0.15) is 0 Å². The molecule has 0 aliphatic rings. The molecule has 0 saturated carbocycles. The van der Waals surface area contributed by atoms with Gasteiger partial charge in [0.2, 0.25) is 0 Å². The average molecular weight is 372 g/mol. The van der Waals surface area contributed by atoms with E-state index in [1.165, 1.54) is 17.1 Å². The molecule has 2 aromatic carbocycles. The van der Waals surface area contributed by atoms with Crippen LogP contribution in [0.25, 0.3) is 11.0 Å². The first kappa shape index (κ1) is 17.7. The summed E-state index contributed by atoms with van der Waals surface area (Å²) in [4.78, 5) is 26.9. The Morgan fingerprint density at radius 3 is 2.54 bits per heavy atom. The van der Waals surface area contributed by atoms with Crippen LogP contribution >= 0.6 is 0 Å². The van der Waals surface area contributed by atoms with Gasteiger partial charge in [0, 0.05) is 18.3 Å². The lowest BCUT2D eigenvalue weighted by Gasteiger charge is -2.18. The summed E-state index contributed by atoms with van der Waals surface area (Å²) in [5.41, 5.74) is 2.91. The van der Waals surface area contributed by atoms with E-state index < -0.39 is 0 Å². The van der Waals surface area contributed by atoms with Crippen LogP contribution in [-0.2, 0) is 6.61 Å². The maximum absolute atomic E-state index is 12.7. The second-order valence-electron chi connectivity index (χ2n) is 6.49. The highest BCUT2D eigenvalue weighted by Crippen LogP contribution is 2.24. The van der Waals surface area contributed by atoms with Crippen molar-refractivity contribution in [3.05, 3.63) is 101 Å². The summed E-state index contributed by atoms with van der Waals surface area (Å²) in [6, 6.07) is 21.3. The van der Waals surface area contributed by atoms with Crippen molar-refractivity contribution in [3.63, 3.8) is 0 Å². The van der Waals surface area contributed by atoms with E-state index in [1.54, 1.807) is 6.20 Å². The van der Waals surface area contributed by atoms with Crippen molar-refractivity contribution in [2.45, 2.75) is 19.6 Å². The third-order valence-electron chi connectivity index (χ3n) is 4.52. The highest BCUT2D eigenvalue weighted by atomic mass is 16.7. The monoisotopic (exact) mass is 372 g/mol. The topological polar surface area (TPSA) is 69.0 Å². The van der Waals surface area contributed by atoms with Crippen LogP contribution in [0.3, 0.4) is 0 Å². The van der Waals surface area contributed by atoms with Gasteiger partial charge < -0.3 is 10.2 Å². The smallest absolute Gasteiger partial charge is 0.287 e. The summed E-state index contributed by atoms with van der Waals surface area (Å²) in [6.45, 7) is 2.31. The minimum Gasteiger partial charge on any atom is -0.404 e. The number of benzene rings is 2. The largest absolute Gasteiger partial charge is 0.404 e. The van der Waals surface area contributed by atoms with E-state index in [2.05, 4.69) is 15.3 Å². The van der Waals surface area contributed by atoms with Gasteiger partial charge in [-0.1, -0.05) is 60.7 Å². The molecule has 4 aromatic rings. The Morgan fingerprint density at radius 2 is 1.79 bits per heavy atom. The third kappa shape index (κ3) is 3.71. The zero-order valence-electron chi connectivity index (χ0n) is 15.4. The standard InChI is InChI=1S/C22H20N4O2/c1-16(18-10-6-3-7-11-18)25-20-12-21(27)26(22-19(20)13-23-15-24-22)28-14-17-8-4-2-5-9-17/h2-13,15-16,25H,14H2,1H3.